The fourth-order valence-corrected chi connectivity index (χ4v) is 3.84. The highest BCUT2D eigenvalue weighted by molar-refractivity contribution is 6.36. The Labute approximate surface area is 162 Å². The van der Waals surface area contributed by atoms with Crippen molar-refractivity contribution < 1.29 is 28.9 Å². The van der Waals surface area contributed by atoms with E-state index in [1.54, 1.807) is 6.92 Å². The van der Waals surface area contributed by atoms with Crippen molar-refractivity contribution in [1.29, 1.82) is 0 Å². The summed E-state index contributed by atoms with van der Waals surface area (Å²) in [6.07, 6.45) is 2.42. The zero-order valence-corrected chi connectivity index (χ0v) is 16.2. The second-order valence-corrected chi connectivity index (χ2v) is 6.99. The number of aliphatic hydroxyl groups excluding tert-OH is 1. The van der Waals surface area contributed by atoms with Crippen LogP contribution in [0, 0.1) is 5.92 Å². The van der Waals surface area contributed by atoms with Gasteiger partial charge in [-0.1, -0.05) is 18.5 Å². The molecule has 1 aromatic rings. The van der Waals surface area contributed by atoms with Crippen molar-refractivity contribution in [2.45, 2.75) is 25.4 Å². The number of methoxy groups -OCH3 is 2. The number of aliphatic hydroxyl groups is 1. The van der Waals surface area contributed by atoms with E-state index in [0.29, 0.717) is 25.1 Å². The van der Waals surface area contributed by atoms with Gasteiger partial charge in [-0.2, -0.15) is 0 Å². The van der Waals surface area contributed by atoms with Gasteiger partial charge in [-0.3, -0.25) is 9.59 Å². The summed E-state index contributed by atoms with van der Waals surface area (Å²) in [5, 5.41) is 12.1. The Hall–Kier alpha value is -2.25. The second-order valence-electron chi connectivity index (χ2n) is 6.61. The largest absolute Gasteiger partial charge is 0.496 e. The number of carbonyl (C=O) groups is 2. The van der Waals surface area contributed by atoms with Crippen LogP contribution in [0.2, 0.25) is 5.02 Å². The number of halogens is 1. The molecule has 0 saturated heterocycles. The Morgan fingerprint density at radius 1 is 1.33 bits per heavy atom. The minimum Gasteiger partial charge on any atom is -0.496 e. The lowest BCUT2D eigenvalue weighted by molar-refractivity contribution is -0.129. The third-order valence-corrected chi connectivity index (χ3v) is 5.35. The normalized spacial score (nSPS) is 23.7. The number of carbonyl (C=O) groups excluding carboxylic acids is 2. The molecule has 1 heterocycles. The molecule has 0 fully saturated rings. The number of nitrogens with one attached hydrogen (secondary N) is 1. The molecule has 0 radical (unpaired) electrons. The van der Waals surface area contributed by atoms with Gasteiger partial charge in [0.05, 0.1) is 14.2 Å². The summed E-state index contributed by atoms with van der Waals surface area (Å²) in [4.78, 5) is 26.3. The maximum atomic E-state index is 13.3. The van der Waals surface area contributed by atoms with Gasteiger partial charge in [0.15, 0.2) is 5.75 Å². The van der Waals surface area contributed by atoms with E-state index < -0.39 is 23.1 Å². The molecule has 0 amide bonds. The summed E-state index contributed by atoms with van der Waals surface area (Å²) >= 11 is 6.34. The summed E-state index contributed by atoms with van der Waals surface area (Å²) in [6, 6.07) is 1.51. The average molecular weight is 396 g/mol. The molecular weight excluding hydrogens is 374 g/mol. The van der Waals surface area contributed by atoms with Gasteiger partial charge in [-0.25, -0.2) is 0 Å². The van der Waals surface area contributed by atoms with Crippen molar-refractivity contribution in [2.24, 2.45) is 5.92 Å². The maximum Gasteiger partial charge on any atom is 0.236 e. The summed E-state index contributed by atoms with van der Waals surface area (Å²) in [6.45, 7) is 2.39. The highest BCUT2D eigenvalue weighted by Crippen LogP contribution is 2.52. The van der Waals surface area contributed by atoms with Crippen LogP contribution in [0.3, 0.4) is 0 Å². The molecule has 0 saturated carbocycles. The van der Waals surface area contributed by atoms with Crippen LogP contribution in [0.4, 0.5) is 0 Å². The van der Waals surface area contributed by atoms with Crippen molar-refractivity contribution in [3.05, 3.63) is 28.4 Å². The fourth-order valence-electron chi connectivity index (χ4n) is 3.58. The number of benzene rings is 1. The Morgan fingerprint density at radius 3 is 2.63 bits per heavy atom. The van der Waals surface area contributed by atoms with Crippen LogP contribution < -0.4 is 19.5 Å². The number of ketones is 2. The van der Waals surface area contributed by atoms with Crippen LogP contribution in [0.15, 0.2) is 17.8 Å². The van der Waals surface area contributed by atoms with Crippen molar-refractivity contribution in [3.8, 4) is 17.2 Å². The van der Waals surface area contributed by atoms with Crippen molar-refractivity contribution in [1.82, 2.24) is 5.32 Å². The zero-order chi connectivity index (χ0) is 19.8. The fraction of sp³-hybridized carbons (Fsp3) is 0.474. The Morgan fingerprint density at radius 2 is 2.04 bits per heavy atom. The first-order chi connectivity index (χ1) is 12.9. The predicted molar refractivity (Wildman–Crippen MR) is 98.8 cm³/mol. The summed E-state index contributed by atoms with van der Waals surface area (Å²) in [5.74, 6) is -0.645. The molecule has 1 aromatic carbocycles. The van der Waals surface area contributed by atoms with E-state index in [-0.39, 0.29) is 28.7 Å². The minimum atomic E-state index is -1.66. The van der Waals surface area contributed by atoms with Gasteiger partial charge < -0.3 is 24.6 Å². The van der Waals surface area contributed by atoms with Crippen molar-refractivity contribution in [3.63, 3.8) is 0 Å². The first-order valence-electron chi connectivity index (χ1n) is 8.68. The zero-order valence-electron chi connectivity index (χ0n) is 15.4. The Bertz CT molecular complexity index is 821. The van der Waals surface area contributed by atoms with Crippen LogP contribution >= 0.6 is 11.6 Å². The van der Waals surface area contributed by atoms with Crippen LogP contribution in [0.5, 0.6) is 17.2 Å². The van der Waals surface area contributed by atoms with Gasteiger partial charge in [0.25, 0.3) is 0 Å². The molecule has 8 heteroatoms. The molecule has 1 spiro atoms. The smallest absolute Gasteiger partial charge is 0.236 e. The Kier molecular flexibility index (Phi) is 5.35. The third-order valence-electron chi connectivity index (χ3n) is 5.00. The minimum absolute atomic E-state index is 0.0603. The molecule has 27 heavy (non-hydrogen) atoms. The van der Waals surface area contributed by atoms with E-state index in [1.165, 1.54) is 26.4 Å². The van der Waals surface area contributed by atoms with Gasteiger partial charge in [0.2, 0.25) is 17.2 Å². The molecule has 2 atom stereocenters. The number of rotatable bonds is 6. The highest BCUT2D eigenvalue weighted by Gasteiger charge is 2.60. The molecule has 3 rings (SSSR count). The first kappa shape index (κ1) is 19.5. The average Bonchev–Trinajstić information content (AvgIpc) is 2.96. The van der Waals surface area contributed by atoms with Crippen LogP contribution in [-0.2, 0) is 4.79 Å². The number of allylic oxidation sites excluding steroid dienone is 1. The van der Waals surface area contributed by atoms with Gasteiger partial charge >= 0.3 is 0 Å². The topological polar surface area (TPSA) is 94.1 Å². The molecule has 2 aliphatic rings. The molecule has 0 bridgehead atoms. The SMILES string of the molecule is COc1cc(OC)c2c(c1Cl)O[C@@]1(C(=O)C=C(NCCCO)C[C@H]1C)C2=O. The van der Waals surface area contributed by atoms with E-state index in [9.17, 15) is 9.59 Å². The standard InChI is InChI=1S/C19H22ClNO6/c1-10-7-11(21-5-4-6-22)8-14(23)19(10)18(24)15-12(25-2)9-13(26-3)16(20)17(15)27-19/h8-10,21-22H,4-7H2,1-3H3/t10-,19+/m1/s1. The van der Waals surface area contributed by atoms with Gasteiger partial charge in [-0.05, 0) is 12.8 Å². The number of hydrogen-bond acceptors (Lipinski definition) is 7. The first-order valence-corrected chi connectivity index (χ1v) is 9.06. The van der Waals surface area contributed by atoms with Gasteiger partial charge in [0, 0.05) is 36.9 Å². The van der Waals surface area contributed by atoms with Crippen molar-refractivity contribution in [2.75, 3.05) is 27.4 Å². The van der Waals surface area contributed by atoms with Crippen LogP contribution in [0.1, 0.15) is 30.1 Å². The quantitative estimate of drug-likeness (QED) is 0.563. The van der Waals surface area contributed by atoms with Gasteiger partial charge in [-0.15, -0.1) is 0 Å². The maximum absolute atomic E-state index is 13.3. The van der Waals surface area contributed by atoms with Crippen LogP contribution in [0.25, 0.3) is 0 Å². The molecule has 7 nitrogen and oxygen atoms in total. The molecule has 146 valence electrons. The lowest BCUT2D eigenvalue weighted by atomic mass is 9.74. The van der Waals surface area contributed by atoms with Gasteiger partial charge in [0.1, 0.15) is 22.1 Å². The van der Waals surface area contributed by atoms with E-state index in [1.807, 2.05) is 0 Å². The van der Waals surface area contributed by atoms with E-state index >= 15 is 0 Å². The number of hydrogen-bond donors (Lipinski definition) is 2. The molecule has 1 aliphatic carbocycles. The number of ether oxygens (including phenoxy) is 3. The summed E-state index contributed by atoms with van der Waals surface area (Å²) in [5.41, 5.74) is -0.781. The van der Waals surface area contributed by atoms with E-state index in [4.69, 9.17) is 30.9 Å². The van der Waals surface area contributed by atoms with E-state index in [2.05, 4.69) is 5.32 Å². The van der Waals surface area contributed by atoms with Crippen LogP contribution in [-0.4, -0.2) is 49.6 Å². The van der Waals surface area contributed by atoms with E-state index in [0.717, 1.165) is 5.70 Å². The molecule has 0 aromatic heterocycles. The molecule has 2 N–H and O–H groups in total. The van der Waals surface area contributed by atoms with Crippen molar-refractivity contribution >= 4 is 23.2 Å². The lowest BCUT2D eigenvalue weighted by Crippen LogP contribution is -2.55. The second kappa shape index (κ2) is 7.40. The molecular formula is C19H22ClNO6. The number of Topliss-reactive ketones (excluding diaryl/α,β-unsaturated/α-hetero) is 1. The lowest BCUT2D eigenvalue weighted by Gasteiger charge is -2.35. The monoisotopic (exact) mass is 395 g/mol. The Balaban J connectivity index is 2.02. The molecule has 1 aliphatic heterocycles. The highest BCUT2D eigenvalue weighted by atomic mass is 35.5. The summed E-state index contributed by atoms with van der Waals surface area (Å²) in [7, 11) is 2.87. The summed E-state index contributed by atoms with van der Waals surface area (Å²) < 4.78 is 16.5. The predicted octanol–water partition coefficient (Wildman–Crippen LogP) is 2.14. The number of fused-ring (bicyclic) bond motifs is 1. The third kappa shape index (κ3) is 2.95. The molecule has 0 unspecified atom stereocenters.